The van der Waals surface area contributed by atoms with Crippen molar-refractivity contribution < 1.29 is 31.8 Å². The number of piperazine rings is 1. The average molecular weight is 684 g/mol. The second-order valence-corrected chi connectivity index (χ2v) is 13.7. The lowest BCUT2D eigenvalue weighted by molar-refractivity contribution is -0.188. The molecule has 47 heavy (non-hydrogen) atoms. The van der Waals surface area contributed by atoms with Gasteiger partial charge in [0.05, 0.1) is 12.7 Å². The van der Waals surface area contributed by atoms with Crippen LogP contribution >= 0.6 is 11.6 Å². The van der Waals surface area contributed by atoms with E-state index in [9.17, 15) is 18.0 Å². The summed E-state index contributed by atoms with van der Waals surface area (Å²) in [5.74, 6) is -0.584. The van der Waals surface area contributed by atoms with Crippen molar-refractivity contribution in [2.45, 2.75) is 96.1 Å². The molecular weight excluding hydrogens is 634 g/mol. The van der Waals surface area contributed by atoms with Crippen LogP contribution in [0.25, 0.3) is 0 Å². The fourth-order valence-electron chi connectivity index (χ4n) is 7.32. The second-order valence-electron chi connectivity index (χ2n) is 13.2. The lowest BCUT2D eigenvalue weighted by Crippen LogP contribution is -2.50. The van der Waals surface area contributed by atoms with E-state index in [1.165, 1.54) is 6.07 Å². The summed E-state index contributed by atoms with van der Waals surface area (Å²) < 4.78 is 64.4. The van der Waals surface area contributed by atoms with Crippen LogP contribution in [-0.2, 0) is 14.3 Å². The highest BCUT2D eigenvalue weighted by molar-refractivity contribution is 6.30. The minimum Gasteiger partial charge on any atom is -0.465 e. The van der Waals surface area contributed by atoms with Gasteiger partial charge in [0.15, 0.2) is 0 Å². The molecule has 0 amide bonds. The summed E-state index contributed by atoms with van der Waals surface area (Å²) in [6, 6.07) is 10.1. The molecule has 2 atom stereocenters. The molecule has 262 valence electrons. The number of esters is 1. The molecule has 1 heterocycles. The monoisotopic (exact) mass is 683 g/mol. The summed E-state index contributed by atoms with van der Waals surface area (Å²) in [6.45, 7) is 11.0. The Hall–Kier alpha value is -2.24. The van der Waals surface area contributed by atoms with Crippen molar-refractivity contribution in [3.63, 3.8) is 0 Å². The van der Waals surface area contributed by atoms with E-state index < -0.39 is 24.9 Å². The van der Waals surface area contributed by atoms with E-state index in [0.29, 0.717) is 55.3 Å². The molecule has 2 fully saturated rings. The maximum atomic E-state index is 15.3. The van der Waals surface area contributed by atoms with Crippen LogP contribution < -0.4 is 0 Å². The van der Waals surface area contributed by atoms with E-state index in [2.05, 4.69) is 23.6 Å². The highest BCUT2D eigenvalue weighted by Gasteiger charge is 2.36. The quantitative estimate of drug-likeness (QED) is 0.157. The number of carbonyl (C=O) groups excluding carboxylic acids is 1. The second kappa shape index (κ2) is 16.9. The summed E-state index contributed by atoms with van der Waals surface area (Å²) in [5, 5.41) is 0.480. The summed E-state index contributed by atoms with van der Waals surface area (Å²) in [5.41, 5.74) is 3.49. The lowest BCUT2D eigenvalue weighted by atomic mass is 9.77. The number of likely N-dealkylation sites (N-methyl/N-ethyl adjacent to an activating group) is 1. The minimum atomic E-state index is -4.35. The van der Waals surface area contributed by atoms with Gasteiger partial charge in [-0.15, -0.1) is 0 Å². The fraction of sp³-hybridized carbons (Fsp3) is 0.639. The van der Waals surface area contributed by atoms with E-state index in [-0.39, 0.29) is 30.4 Å². The highest BCUT2D eigenvalue weighted by Crippen LogP contribution is 2.41. The molecular formula is C36H50ClF4N3O3. The zero-order valence-electron chi connectivity index (χ0n) is 28.3. The van der Waals surface area contributed by atoms with Crippen LogP contribution in [0.15, 0.2) is 36.4 Å². The Morgan fingerprint density at radius 2 is 1.68 bits per heavy atom. The van der Waals surface area contributed by atoms with Gasteiger partial charge in [-0.1, -0.05) is 29.8 Å². The number of benzene rings is 2. The van der Waals surface area contributed by atoms with Gasteiger partial charge < -0.3 is 9.47 Å². The first-order chi connectivity index (χ1) is 22.3. The van der Waals surface area contributed by atoms with Crippen LogP contribution in [0.5, 0.6) is 0 Å². The van der Waals surface area contributed by atoms with Gasteiger partial charge in [-0.25, -0.2) is 9.18 Å². The zero-order valence-corrected chi connectivity index (χ0v) is 29.0. The molecule has 2 aliphatic rings. The largest absolute Gasteiger partial charge is 0.465 e. The molecule has 0 N–H and O–H groups in total. The van der Waals surface area contributed by atoms with Crippen molar-refractivity contribution in [1.82, 2.24) is 14.7 Å². The summed E-state index contributed by atoms with van der Waals surface area (Å²) in [6.07, 6.45) is -1.85. The van der Waals surface area contributed by atoms with E-state index in [0.717, 1.165) is 42.9 Å². The highest BCUT2D eigenvalue weighted by atomic mass is 35.5. The van der Waals surface area contributed by atoms with Crippen LogP contribution in [0.1, 0.15) is 93.1 Å². The Balaban J connectivity index is 1.57. The van der Waals surface area contributed by atoms with Crippen molar-refractivity contribution >= 4 is 17.6 Å². The van der Waals surface area contributed by atoms with Crippen LogP contribution in [0.4, 0.5) is 17.6 Å². The third-order valence-corrected chi connectivity index (χ3v) is 10.00. The Morgan fingerprint density at radius 3 is 2.30 bits per heavy atom. The van der Waals surface area contributed by atoms with E-state index in [1.807, 2.05) is 37.1 Å². The van der Waals surface area contributed by atoms with Crippen molar-refractivity contribution in [2.24, 2.45) is 0 Å². The molecule has 1 aliphatic carbocycles. The molecule has 1 saturated carbocycles. The third kappa shape index (κ3) is 10.1. The predicted molar refractivity (Wildman–Crippen MR) is 177 cm³/mol. The standard InChI is InChI=1S/C36H50ClF4N3O3/c1-6-46-35(45)34(29-9-7-8-25(4)33(29)26-10-13-28(14-11-26)47-23-36(39,40)41)42(5)17-16-32(30-22-27(37)12-15-31(30)38)44-20-18-43(19-21-44)24(2)3/h7-9,12,15,22,24,26,28,32,34H,6,10-11,13-14,16-21,23H2,1-5H3/t26?,28?,32-,34?/m0/s1. The number of rotatable bonds is 13. The van der Waals surface area contributed by atoms with E-state index in [1.54, 1.807) is 19.1 Å². The van der Waals surface area contributed by atoms with E-state index in [4.69, 9.17) is 21.1 Å². The van der Waals surface area contributed by atoms with Gasteiger partial charge in [-0.3, -0.25) is 14.7 Å². The molecule has 11 heteroatoms. The number of halogens is 5. The predicted octanol–water partition coefficient (Wildman–Crippen LogP) is 8.09. The topological polar surface area (TPSA) is 45.3 Å². The molecule has 2 aromatic rings. The van der Waals surface area contributed by atoms with E-state index >= 15 is 4.39 Å². The number of hydrogen-bond acceptors (Lipinski definition) is 6. The Bertz CT molecular complexity index is 1310. The maximum Gasteiger partial charge on any atom is 0.411 e. The van der Waals surface area contributed by atoms with Gasteiger partial charge in [0.2, 0.25) is 0 Å². The van der Waals surface area contributed by atoms with Gasteiger partial charge >= 0.3 is 12.1 Å². The SMILES string of the molecule is CCOC(=O)C(c1cccc(C)c1C1CCC(OCC(F)(F)F)CC1)N(C)CC[C@@H](c1cc(Cl)ccc1F)N1CCN(C(C)C)CC1. The molecule has 1 unspecified atom stereocenters. The Labute approximate surface area is 282 Å². The normalized spacial score (nSPS) is 21.3. The van der Waals surface area contributed by atoms with Gasteiger partial charge in [0.1, 0.15) is 18.5 Å². The van der Waals surface area contributed by atoms with Crippen LogP contribution in [0, 0.1) is 12.7 Å². The van der Waals surface area contributed by atoms with Gasteiger partial charge in [0, 0.05) is 55.4 Å². The molecule has 1 aliphatic heterocycles. The summed E-state index contributed by atoms with van der Waals surface area (Å²) >= 11 is 6.36. The number of ether oxygens (including phenoxy) is 2. The first-order valence-electron chi connectivity index (χ1n) is 16.9. The van der Waals surface area contributed by atoms with Crippen molar-refractivity contribution in [3.05, 3.63) is 69.5 Å². The van der Waals surface area contributed by atoms with Crippen molar-refractivity contribution in [2.75, 3.05) is 53.0 Å². The van der Waals surface area contributed by atoms with Gasteiger partial charge in [0.25, 0.3) is 0 Å². The maximum absolute atomic E-state index is 15.3. The molecule has 6 nitrogen and oxygen atoms in total. The number of aryl methyl sites for hydroxylation is 1. The zero-order chi connectivity index (χ0) is 34.3. The average Bonchev–Trinajstić information content (AvgIpc) is 3.02. The number of nitrogens with zero attached hydrogens (tertiary/aromatic N) is 3. The smallest absolute Gasteiger partial charge is 0.411 e. The van der Waals surface area contributed by atoms with Crippen LogP contribution in [-0.4, -0.2) is 92.0 Å². The third-order valence-electron chi connectivity index (χ3n) is 9.76. The first kappa shape index (κ1) is 37.6. The van der Waals surface area contributed by atoms with Crippen LogP contribution in [0.2, 0.25) is 5.02 Å². The lowest BCUT2D eigenvalue weighted by Gasteiger charge is -2.42. The molecule has 0 spiro atoms. The molecule has 0 radical (unpaired) electrons. The number of alkyl halides is 3. The first-order valence-corrected chi connectivity index (χ1v) is 17.2. The number of carbonyl (C=O) groups is 1. The van der Waals surface area contributed by atoms with Gasteiger partial charge in [-0.05, 0) is 108 Å². The molecule has 1 saturated heterocycles. The van der Waals surface area contributed by atoms with Gasteiger partial charge in [-0.2, -0.15) is 13.2 Å². The Morgan fingerprint density at radius 1 is 1.02 bits per heavy atom. The molecule has 0 bridgehead atoms. The molecule has 4 rings (SSSR count). The molecule has 2 aromatic carbocycles. The van der Waals surface area contributed by atoms with Crippen molar-refractivity contribution in [3.8, 4) is 0 Å². The summed E-state index contributed by atoms with van der Waals surface area (Å²) in [7, 11) is 1.90. The summed E-state index contributed by atoms with van der Waals surface area (Å²) in [4.78, 5) is 20.4. The Kier molecular flexibility index (Phi) is 13.5. The molecule has 0 aromatic heterocycles. The van der Waals surface area contributed by atoms with Crippen molar-refractivity contribution in [1.29, 1.82) is 0 Å². The minimum absolute atomic E-state index is 0.0767. The number of hydrogen-bond donors (Lipinski definition) is 0. The fourth-order valence-corrected chi connectivity index (χ4v) is 7.50. The van der Waals surface area contributed by atoms with Crippen LogP contribution in [0.3, 0.4) is 0 Å².